The molecular formula is C38H69NO7. The van der Waals surface area contributed by atoms with Crippen molar-refractivity contribution in [3.8, 4) is 0 Å². The molecule has 46 heavy (non-hydrogen) atoms. The second kappa shape index (κ2) is 30.2. The first-order valence-corrected chi connectivity index (χ1v) is 18.4. The van der Waals surface area contributed by atoms with Gasteiger partial charge in [-0.05, 0) is 51.4 Å². The smallest absolute Gasteiger partial charge is 0.306 e. The van der Waals surface area contributed by atoms with E-state index < -0.39 is 18.1 Å². The normalized spacial score (nSPS) is 13.3. The molecule has 0 saturated heterocycles. The zero-order chi connectivity index (χ0) is 34.3. The molecular weight excluding hydrogens is 582 g/mol. The SMILES string of the molecule is CCCCCC/C=C/CCC(=O)OCC(COCCC(C(=O)[O-])[N+](C)(C)C)OC(=O)CCCCC/C=C/CCCCCCCCC. The van der Waals surface area contributed by atoms with E-state index in [1.165, 1.54) is 64.2 Å². The quantitative estimate of drug-likeness (QED) is 0.0319. The summed E-state index contributed by atoms with van der Waals surface area (Å²) < 4.78 is 17.0. The lowest BCUT2D eigenvalue weighted by atomic mass is 10.1. The maximum atomic E-state index is 12.6. The molecule has 0 rings (SSSR count). The summed E-state index contributed by atoms with van der Waals surface area (Å²) in [6, 6.07) is -0.728. The van der Waals surface area contributed by atoms with E-state index in [9.17, 15) is 19.5 Å². The predicted molar refractivity (Wildman–Crippen MR) is 185 cm³/mol. The summed E-state index contributed by atoms with van der Waals surface area (Å²) in [5.41, 5.74) is 0. The summed E-state index contributed by atoms with van der Waals surface area (Å²) >= 11 is 0. The molecule has 0 N–H and O–H groups in total. The van der Waals surface area contributed by atoms with Gasteiger partial charge in [-0.1, -0.05) is 102 Å². The number of aliphatic carboxylic acids is 1. The lowest BCUT2D eigenvalue weighted by Crippen LogP contribution is -2.55. The van der Waals surface area contributed by atoms with Crippen molar-refractivity contribution in [2.75, 3.05) is 41.0 Å². The summed E-state index contributed by atoms with van der Waals surface area (Å²) in [5.74, 6) is -1.82. The van der Waals surface area contributed by atoms with Crippen molar-refractivity contribution in [1.29, 1.82) is 0 Å². The fraction of sp³-hybridized carbons (Fsp3) is 0.816. The number of carbonyl (C=O) groups excluding carboxylic acids is 3. The average Bonchev–Trinajstić information content (AvgIpc) is 3.00. The van der Waals surface area contributed by atoms with Gasteiger partial charge in [0.2, 0.25) is 0 Å². The Balaban J connectivity index is 4.48. The highest BCUT2D eigenvalue weighted by Crippen LogP contribution is 2.12. The molecule has 0 aromatic carbocycles. The first-order chi connectivity index (χ1) is 22.1. The minimum atomic E-state index is -1.13. The molecule has 0 aliphatic carbocycles. The molecule has 0 aromatic heterocycles. The highest BCUT2D eigenvalue weighted by atomic mass is 16.6. The van der Waals surface area contributed by atoms with Crippen LogP contribution in [0.3, 0.4) is 0 Å². The monoisotopic (exact) mass is 652 g/mol. The number of esters is 2. The van der Waals surface area contributed by atoms with E-state index in [0.717, 1.165) is 44.9 Å². The second-order valence-electron chi connectivity index (χ2n) is 13.4. The Labute approximate surface area is 281 Å². The van der Waals surface area contributed by atoms with Crippen LogP contribution in [0, 0.1) is 0 Å². The molecule has 0 aromatic rings. The van der Waals surface area contributed by atoms with Crippen LogP contribution in [0.2, 0.25) is 0 Å². The average molecular weight is 652 g/mol. The van der Waals surface area contributed by atoms with Gasteiger partial charge in [0.05, 0.1) is 40.3 Å². The summed E-state index contributed by atoms with van der Waals surface area (Å²) in [4.78, 5) is 36.4. The van der Waals surface area contributed by atoms with Crippen molar-refractivity contribution in [3.05, 3.63) is 24.3 Å². The van der Waals surface area contributed by atoms with Gasteiger partial charge in [-0.2, -0.15) is 0 Å². The van der Waals surface area contributed by atoms with Gasteiger partial charge in [-0.3, -0.25) is 9.59 Å². The number of carboxylic acid groups (broad SMARTS) is 1. The maximum Gasteiger partial charge on any atom is 0.306 e. The number of allylic oxidation sites excluding steroid dienone is 4. The highest BCUT2D eigenvalue weighted by molar-refractivity contribution is 5.70. The topological polar surface area (TPSA) is 102 Å². The molecule has 0 aliphatic rings. The van der Waals surface area contributed by atoms with Gasteiger partial charge in [0, 0.05) is 19.3 Å². The maximum absolute atomic E-state index is 12.6. The minimum Gasteiger partial charge on any atom is -0.544 e. The molecule has 8 nitrogen and oxygen atoms in total. The van der Waals surface area contributed by atoms with Crippen molar-refractivity contribution in [2.24, 2.45) is 0 Å². The summed E-state index contributed by atoms with van der Waals surface area (Å²) in [5, 5.41) is 11.5. The van der Waals surface area contributed by atoms with E-state index in [4.69, 9.17) is 14.2 Å². The third kappa shape index (κ3) is 28.1. The Bertz CT molecular complexity index is 818. The van der Waals surface area contributed by atoms with Gasteiger partial charge in [0.15, 0.2) is 6.10 Å². The standard InChI is InChI=1S/C38H69NO7/c1-6-8-10-12-14-16-17-18-19-20-21-23-25-27-29-37(41)46-34(32-44-31-30-35(38(42)43)39(3,4)5)33-45-36(40)28-26-24-22-15-13-11-9-7-2/h19-20,22,24,34-35H,6-18,21,23,25-33H2,1-5H3/b20-19+,24-22+. The number of hydrogen-bond acceptors (Lipinski definition) is 7. The summed E-state index contributed by atoms with van der Waals surface area (Å²) in [6.07, 6.45) is 29.4. The van der Waals surface area contributed by atoms with Crippen molar-refractivity contribution in [1.82, 2.24) is 0 Å². The van der Waals surface area contributed by atoms with Crippen LogP contribution < -0.4 is 5.11 Å². The Morgan fingerprint density at radius 2 is 1.13 bits per heavy atom. The summed E-state index contributed by atoms with van der Waals surface area (Å²) in [7, 11) is 5.37. The van der Waals surface area contributed by atoms with E-state index >= 15 is 0 Å². The zero-order valence-electron chi connectivity index (χ0n) is 30.2. The number of hydrogen-bond donors (Lipinski definition) is 0. The zero-order valence-corrected chi connectivity index (χ0v) is 30.2. The first-order valence-electron chi connectivity index (χ1n) is 18.4. The van der Waals surface area contributed by atoms with Gasteiger partial charge >= 0.3 is 11.9 Å². The van der Waals surface area contributed by atoms with Crippen LogP contribution in [0.25, 0.3) is 0 Å². The molecule has 0 spiro atoms. The van der Waals surface area contributed by atoms with Crippen LogP contribution in [0.1, 0.15) is 149 Å². The Morgan fingerprint density at radius 3 is 1.67 bits per heavy atom. The lowest BCUT2D eigenvalue weighted by Gasteiger charge is -2.34. The molecule has 2 unspecified atom stereocenters. The van der Waals surface area contributed by atoms with Gasteiger partial charge < -0.3 is 28.6 Å². The molecule has 0 bridgehead atoms. The number of ether oxygens (including phenoxy) is 3. The predicted octanol–water partition coefficient (Wildman–Crippen LogP) is 7.63. The van der Waals surface area contributed by atoms with Crippen molar-refractivity contribution in [3.63, 3.8) is 0 Å². The fourth-order valence-corrected chi connectivity index (χ4v) is 5.14. The van der Waals surface area contributed by atoms with Crippen LogP contribution in [0.4, 0.5) is 0 Å². The number of carbonyl (C=O) groups is 3. The van der Waals surface area contributed by atoms with Gasteiger partial charge in [-0.15, -0.1) is 0 Å². The largest absolute Gasteiger partial charge is 0.544 e. The number of carboxylic acids is 1. The molecule has 0 fully saturated rings. The number of likely N-dealkylation sites (N-methyl/N-ethyl adjacent to an activating group) is 1. The van der Waals surface area contributed by atoms with Crippen LogP contribution in [-0.2, 0) is 28.6 Å². The second-order valence-corrected chi connectivity index (χ2v) is 13.4. The van der Waals surface area contributed by atoms with Crippen LogP contribution in [0.15, 0.2) is 24.3 Å². The molecule has 2 atom stereocenters. The lowest BCUT2D eigenvalue weighted by molar-refractivity contribution is -0.889. The molecule has 0 radical (unpaired) electrons. The van der Waals surface area contributed by atoms with Crippen LogP contribution in [-0.4, -0.2) is 75.5 Å². The third-order valence-corrected chi connectivity index (χ3v) is 8.07. The van der Waals surface area contributed by atoms with Gasteiger partial charge in [-0.25, -0.2) is 0 Å². The highest BCUT2D eigenvalue weighted by Gasteiger charge is 2.25. The van der Waals surface area contributed by atoms with E-state index in [-0.39, 0.29) is 49.1 Å². The fourth-order valence-electron chi connectivity index (χ4n) is 5.14. The Morgan fingerprint density at radius 1 is 0.630 bits per heavy atom. The first kappa shape index (κ1) is 43.8. The van der Waals surface area contributed by atoms with E-state index in [2.05, 4.69) is 32.1 Å². The number of rotatable bonds is 32. The Hall–Kier alpha value is -2.19. The third-order valence-electron chi connectivity index (χ3n) is 8.07. The van der Waals surface area contributed by atoms with Crippen molar-refractivity contribution in [2.45, 2.75) is 161 Å². The van der Waals surface area contributed by atoms with Crippen molar-refractivity contribution < 1.29 is 38.2 Å². The van der Waals surface area contributed by atoms with Crippen LogP contribution >= 0.6 is 0 Å². The van der Waals surface area contributed by atoms with E-state index in [0.29, 0.717) is 12.8 Å². The molecule has 268 valence electrons. The molecule has 8 heteroatoms. The van der Waals surface area contributed by atoms with Gasteiger partial charge in [0.1, 0.15) is 12.6 Å². The van der Waals surface area contributed by atoms with E-state index in [1.54, 1.807) is 21.1 Å². The number of nitrogens with zero attached hydrogens (tertiary/aromatic N) is 1. The van der Waals surface area contributed by atoms with E-state index in [1.807, 2.05) is 6.08 Å². The number of unbranched alkanes of at least 4 members (excludes halogenated alkanes) is 14. The minimum absolute atomic E-state index is 0.0249. The number of quaternary nitrogens is 1. The molecule has 0 aliphatic heterocycles. The van der Waals surface area contributed by atoms with Gasteiger partial charge in [0.25, 0.3) is 0 Å². The molecule has 0 heterocycles. The Kier molecular flexibility index (Phi) is 28.7. The summed E-state index contributed by atoms with van der Waals surface area (Å²) in [6.45, 7) is 4.53. The molecule has 0 amide bonds. The van der Waals surface area contributed by atoms with Crippen molar-refractivity contribution >= 4 is 17.9 Å². The van der Waals surface area contributed by atoms with Crippen LogP contribution in [0.5, 0.6) is 0 Å². The molecule has 0 saturated carbocycles.